The second-order valence-electron chi connectivity index (χ2n) is 9.20. The second kappa shape index (κ2) is 7.20. The molecular formula is C26H24N2O5. The third-order valence-electron chi connectivity index (χ3n) is 7.71. The molecule has 168 valence electrons. The highest BCUT2D eigenvalue weighted by molar-refractivity contribution is 6.25. The van der Waals surface area contributed by atoms with E-state index in [4.69, 9.17) is 9.47 Å². The monoisotopic (exact) mass is 444 g/mol. The Morgan fingerprint density at radius 1 is 0.939 bits per heavy atom. The Kier molecular flexibility index (Phi) is 4.37. The average molecular weight is 444 g/mol. The Morgan fingerprint density at radius 2 is 1.61 bits per heavy atom. The van der Waals surface area contributed by atoms with Crippen LogP contribution < -0.4 is 19.7 Å². The van der Waals surface area contributed by atoms with Crippen molar-refractivity contribution in [3.63, 3.8) is 0 Å². The average Bonchev–Trinajstić information content (AvgIpc) is 3.62. The van der Waals surface area contributed by atoms with E-state index in [0.29, 0.717) is 34.7 Å². The zero-order valence-corrected chi connectivity index (χ0v) is 18.4. The molecule has 2 aromatic rings. The minimum Gasteiger partial charge on any atom is -0.497 e. The number of carbonyl (C=O) groups excluding carboxylic acids is 3. The van der Waals surface area contributed by atoms with Gasteiger partial charge in [-0.05, 0) is 54.4 Å². The summed E-state index contributed by atoms with van der Waals surface area (Å²) in [5.41, 5.74) is 1.02. The van der Waals surface area contributed by atoms with Gasteiger partial charge in [-0.1, -0.05) is 24.3 Å². The molecule has 2 aromatic carbocycles. The lowest BCUT2D eigenvalue weighted by Crippen LogP contribution is -2.40. The summed E-state index contributed by atoms with van der Waals surface area (Å²) in [4.78, 5) is 41.6. The van der Waals surface area contributed by atoms with E-state index in [1.807, 2.05) is 0 Å². The third kappa shape index (κ3) is 2.84. The van der Waals surface area contributed by atoms with Crippen molar-refractivity contribution in [2.45, 2.75) is 6.42 Å². The first-order valence-electron chi connectivity index (χ1n) is 11.2. The van der Waals surface area contributed by atoms with Gasteiger partial charge in [0, 0.05) is 6.07 Å². The summed E-state index contributed by atoms with van der Waals surface area (Å²) in [5, 5.41) is 2.85. The van der Waals surface area contributed by atoms with Gasteiger partial charge >= 0.3 is 0 Å². The standard InChI is InChI=1S/C26H24N2O5/c1-32-13-7-10-21(33-2)19(11-13)27-24(29)16-5-3-4-6-20(16)28-25(30)22-14-8-9-15(18-12-17(14)18)23(22)26(28)31/h3-11,14-15,17-18,22-23H,12H2,1-2H3,(H,27,29)/t14-,15-,17-,18+,22-,23+/m1/s1. The van der Waals surface area contributed by atoms with Gasteiger partial charge in [0.1, 0.15) is 11.5 Å². The number of allylic oxidation sites excluding steroid dienone is 2. The van der Waals surface area contributed by atoms with Crippen LogP contribution in [0.15, 0.2) is 54.6 Å². The van der Waals surface area contributed by atoms with Crippen LogP contribution in [0.25, 0.3) is 0 Å². The maximum Gasteiger partial charge on any atom is 0.257 e. The van der Waals surface area contributed by atoms with Gasteiger partial charge in [0.2, 0.25) is 11.8 Å². The van der Waals surface area contributed by atoms with Crippen LogP contribution in [0.4, 0.5) is 11.4 Å². The van der Waals surface area contributed by atoms with E-state index in [9.17, 15) is 14.4 Å². The fourth-order valence-corrected chi connectivity index (χ4v) is 6.16. The van der Waals surface area contributed by atoms with Crippen LogP contribution in [0.1, 0.15) is 16.8 Å². The molecule has 2 bridgehead atoms. The summed E-state index contributed by atoms with van der Waals surface area (Å²) in [7, 11) is 3.06. The van der Waals surface area contributed by atoms with Crippen LogP contribution >= 0.6 is 0 Å². The van der Waals surface area contributed by atoms with Gasteiger partial charge in [-0.25, -0.2) is 4.90 Å². The number of methoxy groups -OCH3 is 2. The summed E-state index contributed by atoms with van der Waals surface area (Å²) in [6.45, 7) is 0. The van der Waals surface area contributed by atoms with Gasteiger partial charge < -0.3 is 14.8 Å². The number of hydrogen-bond acceptors (Lipinski definition) is 5. The highest BCUT2D eigenvalue weighted by Crippen LogP contribution is 2.65. The maximum atomic E-state index is 13.5. The molecule has 5 aliphatic rings. The molecule has 0 radical (unpaired) electrons. The number of nitrogens with zero attached hydrogens (tertiary/aromatic N) is 1. The number of ether oxygens (including phenoxy) is 2. The van der Waals surface area contributed by atoms with Crippen molar-refractivity contribution in [1.82, 2.24) is 0 Å². The smallest absolute Gasteiger partial charge is 0.257 e. The number of rotatable bonds is 5. The van der Waals surface area contributed by atoms with Crippen molar-refractivity contribution in [2.75, 3.05) is 24.4 Å². The van der Waals surface area contributed by atoms with E-state index in [2.05, 4.69) is 17.5 Å². The molecule has 1 saturated heterocycles. The molecule has 7 heteroatoms. The van der Waals surface area contributed by atoms with Crippen molar-refractivity contribution in [3.8, 4) is 11.5 Å². The van der Waals surface area contributed by atoms with Crippen LogP contribution in [0.2, 0.25) is 0 Å². The summed E-state index contributed by atoms with van der Waals surface area (Å²) in [6.07, 6.45) is 5.39. The fourth-order valence-electron chi connectivity index (χ4n) is 6.16. The first-order chi connectivity index (χ1) is 16.0. The number of para-hydroxylation sites is 1. The lowest BCUT2D eigenvalue weighted by molar-refractivity contribution is -0.124. The van der Waals surface area contributed by atoms with Gasteiger partial charge in [0.05, 0.1) is 43.0 Å². The normalized spacial score (nSPS) is 30.7. The molecule has 0 unspecified atom stereocenters. The number of benzene rings is 2. The van der Waals surface area contributed by atoms with Gasteiger partial charge in [-0.3, -0.25) is 14.4 Å². The molecule has 7 nitrogen and oxygen atoms in total. The number of imide groups is 1. The molecular weight excluding hydrogens is 420 g/mol. The maximum absolute atomic E-state index is 13.5. The van der Waals surface area contributed by atoms with Crippen molar-refractivity contribution >= 4 is 29.1 Å². The number of hydrogen-bond donors (Lipinski definition) is 1. The van der Waals surface area contributed by atoms with E-state index in [1.165, 1.54) is 12.0 Å². The summed E-state index contributed by atoms with van der Waals surface area (Å²) >= 11 is 0. The molecule has 0 spiro atoms. The number of carbonyl (C=O) groups is 3. The molecule has 2 saturated carbocycles. The van der Waals surface area contributed by atoms with Crippen molar-refractivity contribution < 1.29 is 23.9 Å². The molecule has 1 aliphatic heterocycles. The lowest BCUT2D eigenvalue weighted by atomic mass is 9.63. The SMILES string of the molecule is COc1ccc(OC)c(NC(=O)c2ccccc2N2C(=O)[C@@H]3[C@@H]4C=C[C@H]([C@@H]5C[C@H]45)[C@@H]3C2=O)c1. The minimum absolute atomic E-state index is 0.133. The van der Waals surface area contributed by atoms with Gasteiger partial charge in [0.15, 0.2) is 0 Å². The Balaban J connectivity index is 1.34. The predicted octanol–water partition coefficient (Wildman–Crippen LogP) is 3.51. The van der Waals surface area contributed by atoms with Gasteiger partial charge in [-0.2, -0.15) is 0 Å². The molecule has 33 heavy (non-hydrogen) atoms. The minimum atomic E-state index is -0.434. The van der Waals surface area contributed by atoms with Crippen LogP contribution in [0, 0.1) is 35.5 Å². The first-order valence-corrected chi connectivity index (χ1v) is 11.2. The summed E-state index contributed by atoms with van der Waals surface area (Å²) in [6, 6.07) is 11.9. The molecule has 7 rings (SSSR count). The predicted molar refractivity (Wildman–Crippen MR) is 121 cm³/mol. The van der Waals surface area contributed by atoms with E-state index in [1.54, 1.807) is 49.6 Å². The Bertz CT molecular complexity index is 1180. The van der Waals surface area contributed by atoms with Crippen molar-refractivity contribution in [2.24, 2.45) is 35.5 Å². The van der Waals surface area contributed by atoms with E-state index < -0.39 is 5.91 Å². The second-order valence-corrected chi connectivity index (χ2v) is 9.20. The molecule has 1 N–H and O–H groups in total. The Labute approximate surface area is 191 Å². The Morgan fingerprint density at radius 3 is 2.24 bits per heavy atom. The summed E-state index contributed by atoms with van der Waals surface area (Å²) in [5.74, 6) is 0.921. The molecule has 4 aliphatic carbocycles. The molecule has 1 heterocycles. The number of nitrogens with one attached hydrogen (secondary N) is 1. The highest BCUT2D eigenvalue weighted by atomic mass is 16.5. The van der Waals surface area contributed by atoms with Crippen LogP contribution in [-0.4, -0.2) is 31.9 Å². The van der Waals surface area contributed by atoms with Gasteiger partial charge in [0.25, 0.3) is 5.91 Å². The lowest BCUT2D eigenvalue weighted by Gasteiger charge is -2.37. The molecule has 0 aromatic heterocycles. The topological polar surface area (TPSA) is 84.9 Å². The van der Waals surface area contributed by atoms with Crippen LogP contribution in [-0.2, 0) is 9.59 Å². The van der Waals surface area contributed by atoms with E-state index >= 15 is 0 Å². The zero-order chi connectivity index (χ0) is 22.9. The van der Waals surface area contributed by atoms with E-state index in [-0.39, 0.29) is 41.0 Å². The quantitative estimate of drug-likeness (QED) is 0.564. The van der Waals surface area contributed by atoms with Crippen LogP contribution in [0.3, 0.4) is 0 Å². The third-order valence-corrected chi connectivity index (χ3v) is 7.71. The summed E-state index contributed by atoms with van der Waals surface area (Å²) < 4.78 is 10.6. The molecule has 3 fully saturated rings. The molecule has 3 amide bonds. The van der Waals surface area contributed by atoms with E-state index in [0.717, 1.165) is 6.42 Å². The largest absolute Gasteiger partial charge is 0.497 e. The first kappa shape index (κ1) is 20.0. The number of anilines is 2. The molecule has 6 atom stereocenters. The highest BCUT2D eigenvalue weighted by Gasteiger charge is 2.67. The van der Waals surface area contributed by atoms with Gasteiger partial charge in [-0.15, -0.1) is 0 Å². The number of amides is 3. The zero-order valence-electron chi connectivity index (χ0n) is 18.4. The van der Waals surface area contributed by atoms with Crippen molar-refractivity contribution in [3.05, 3.63) is 60.2 Å². The van der Waals surface area contributed by atoms with Crippen molar-refractivity contribution in [1.29, 1.82) is 0 Å². The van der Waals surface area contributed by atoms with Crippen LogP contribution in [0.5, 0.6) is 11.5 Å². The Hall–Kier alpha value is -3.61. The fraction of sp³-hybridized carbons (Fsp3) is 0.346.